The molecule has 0 radical (unpaired) electrons. The predicted octanol–water partition coefficient (Wildman–Crippen LogP) is 1.23. The quantitative estimate of drug-likeness (QED) is 0.324. The molecular weight excluding hydrogens is 220 g/mol. The van der Waals surface area contributed by atoms with Gasteiger partial charge < -0.3 is 9.47 Å². The molecule has 0 aromatic heterocycles. The molecule has 0 saturated heterocycles. The first-order chi connectivity index (χ1) is 8.26. The van der Waals surface area contributed by atoms with Gasteiger partial charge in [-0.2, -0.15) is 0 Å². The fourth-order valence-corrected chi connectivity index (χ4v) is 1.29. The van der Waals surface area contributed by atoms with Crippen LogP contribution in [0.1, 0.15) is 19.8 Å². The Morgan fingerprint density at radius 3 is 2.35 bits per heavy atom. The molecule has 1 amide bonds. The molecule has 0 bridgehead atoms. The molecule has 17 heavy (non-hydrogen) atoms. The lowest BCUT2D eigenvalue weighted by Gasteiger charge is -2.07. The van der Waals surface area contributed by atoms with Crippen LogP contribution >= 0.6 is 0 Å². The van der Waals surface area contributed by atoms with Crippen LogP contribution in [-0.4, -0.2) is 19.1 Å². The molecule has 0 aliphatic heterocycles. The standard InChI is InChI=1S/C12H18N2O3/c1-2-16-10-5-7-11(8-6-10)17-9-3-4-12(15)14-13/h5-8H,2-4,9,13H2,1H3,(H,14,15). The van der Waals surface area contributed by atoms with Crippen LogP contribution in [0.3, 0.4) is 0 Å². The van der Waals surface area contributed by atoms with Gasteiger partial charge in [0.2, 0.25) is 5.91 Å². The first-order valence-electron chi connectivity index (χ1n) is 5.61. The van der Waals surface area contributed by atoms with Crippen molar-refractivity contribution in [3.05, 3.63) is 24.3 Å². The summed E-state index contributed by atoms with van der Waals surface area (Å²) in [6.45, 7) is 3.07. The number of nitrogens with one attached hydrogen (secondary N) is 1. The minimum atomic E-state index is -0.180. The van der Waals surface area contributed by atoms with Crippen LogP contribution in [0, 0.1) is 0 Å². The van der Waals surface area contributed by atoms with Crippen LogP contribution in [0.4, 0.5) is 0 Å². The number of hydrogen-bond donors (Lipinski definition) is 2. The minimum absolute atomic E-state index is 0.180. The summed E-state index contributed by atoms with van der Waals surface area (Å²) >= 11 is 0. The lowest BCUT2D eigenvalue weighted by Crippen LogP contribution is -2.29. The zero-order valence-electron chi connectivity index (χ0n) is 9.94. The van der Waals surface area contributed by atoms with E-state index >= 15 is 0 Å². The maximum absolute atomic E-state index is 10.8. The number of benzene rings is 1. The molecule has 0 heterocycles. The molecule has 0 aliphatic carbocycles. The van der Waals surface area contributed by atoms with Gasteiger partial charge >= 0.3 is 0 Å². The minimum Gasteiger partial charge on any atom is -0.494 e. The fraction of sp³-hybridized carbons (Fsp3) is 0.417. The van der Waals surface area contributed by atoms with Crippen molar-refractivity contribution in [3.8, 4) is 11.5 Å². The molecule has 3 N–H and O–H groups in total. The second kappa shape index (κ2) is 7.51. The van der Waals surface area contributed by atoms with E-state index in [4.69, 9.17) is 15.3 Å². The third-order valence-corrected chi connectivity index (χ3v) is 2.11. The van der Waals surface area contributed by atoms with Crippen LogP contribution in [-0.2, 0) is 4.79 Å². The summed E-state index contributed by atoms with van der Waals surface area (Å²) in [5.41, 5.74) is 2.07. The van der Waals surface area contributed by atoms with Gasteiger partial charge in [-0.1, -0.05) is 0 Å². The van der Waals surface area contributed by atoms with Crippen molar-refractivity contribution in [1.82, 2.24) is 5.43 Å². The highest BCUT2D eigenvalue weighted by Crippen LogP contribution is 2.17. The molecule has 0 spiro atoms. The van der Waals surface area contributed by atoms with E-state index in [1.54, 1.807) is 0 Å². The third kappa shape index (κ3) is 5.21. The summed E-state index contributed by atoms with van der Waals surface area (Å²) in [6.07, 6.45) is 1.00. The Morgan fingerprint density at radius 2 is 1.82 bits per heavy atom. The monoisotopic (exact) mass is 238 g/mol. The lowest BCUT2D eigenvalue weighted by atomic mass is 10.3. The highest BCUT2D eigenvalue weighted by atomic mass is 16.5. The van der Waals surface area contributed by atoms with Crippen LogP contribution in [0.5, 0.6) is 11.5 Å². The Bertz CT molecular complexity index is 338. The SMILES string of the molecule is CCOc1ccc(OCCCC(=O)NN)cc1. The van der Waals surface area contributed by atoms with Gasteiger partial charge in [-0.05, 0) is 37.6 Å². The molecule has 0 fully saturated rings. The summed E-state index contributed by atoms with van der Waals surface area (Å²) in [7, 11) is 0. The largest absolute Gasteiger partial charge is 0.494 e. The number of rotatable bonds is 7. The van der Waals surface area contributed by atoms with Gasteiger partial charge in [0.25, 0.3) is 0 Å². The molecule has 1 aromatic carbocycles. The zero-order chi connectivity index (χ0) is 12.5. The number of amides is 1. The van der Waals surface area contributed by atoms with Crippen LogP contribution < -0.4 is 20.7 Å². The summed E-state index contributed by atoms with van der Waals surface area (Å²) < 4.78 is 10.8. The molecule has 5 heteroatoms. The van der Waals surface area contributed by atoms with E-state index in [1.807, 2.05) is 31.2 Å². The number of carbonyl (C=O) groups excluding carboxylic acids is 1. The summed E-state index contributed by atoms with van der Waals surface area (Å²) in [6, 6.07) is 7.39. The molecule has 5 nitrogen and oxygen atoms in total. The van der Waals surface area contributed by atoms with Crippen molar-refractivity contribution in [2.45, 2.75) is 19.8 Å². The fourth-order valence-electron chi connectivity index (χ4n) is 1.29. The zero-order valence-corrected chi connectivity index (χ0v) is 9.94. The first kappa shape index (κ1) is 13.3. The van der Waals surface area contributed by atoms with Gasteiger partial charge in [0.05, 0.1) is 13.2 Å². The van der Waals surface area contributed by atoms with E-state index in [2.05, 4.69) is 5.43 Å². The summed E-state index contributed by atoms with van der Waals surface area (Å²) in [5, 5.41) is 0. The average molecular weight is 238 g/mol. The number of hydrazine groups is 1. The van der Waals surface area contributed by atoms with Crippen LogP contribution in [0.2, 0.25) is 0 Å². The Kier molecular flexibility index (Phi) is 5.88. The number of carbonyl (C=O) groups is 1. The van der Waals surface area contributed by atoms with Gasteiger partial charge in [-0.25, -0.2) is 5.84 Å². The Labute approximate surface area is 101 Å². The second-order valence-corrected chi connectivity index (χ2v) is 3.42. The maximum atomic E-state index is 10.8. The van der Waals surface area contributed by atoms with Crippen molar-refractivity contribution in [2.75, 3.05) is 13.2 Å². The molecule has 0 unspecified atom stereocenters. The van der Waals surface area contributed by atoms with E-state index < -0.39 is 0 Å². The number of nitrogens with two attached hydrogens (primary N) is 1. The van der Waals surface area contributed by atoms with E-state index in [0.29, 0.717) is 26.1 Å². The van der Waals surface area contributed by atoms with Crippen molar-refractivity contribution in [1.29, 1.82) is 0 Å². The van der Waals surface area contributed by atoms with Gasteiger partial charge in [0, 0.05) is 6.42 Å². The average Bonchev–Trinajstić information content (AvgIpc) is 2.36. The highest BCUT2D eigenvalue weighted by molar-refractivity contribution is 5.75. The summed E-state index contributed by atoms with van der Waals surface area (Å²) in [5.74, 6) is 6.36. The Balaban J connectivity index is 2.25. The molecule has 0 saturated carbocycles. The Hall–Kier alpha value is -1.75. The van der Waals surface area contributed by atoms with E-state index in [-0.39, 0.29) is 5.91 Å². The molecular formula is C12H18N2O3. The van der Waals surface area contributed by atoms with Crippen molar-refractivity contribution < 1.29 is 14.3 Å². The third-order valence-electron chi connectivity index (χ3n) is 2.11. The van der Waals surface area contributed by atoms with Gasteiger partial charge in [-0.3, -0.25) is 10.2 Å². The van der Waals surface area contributed by atoms with Crippen LogP contribution in [0.15, 0.2) is 24.3 Å². The smallest absolute Gasteiger partial charge is 0.234 e. The van der Waals surface area contributed by atoms with E-state index in [9.17, 15) is 4.79 Å². The van der Waals surface area contributed by atoms with Gasteiger partial charge in [-0.15, -0.1) is 0 Å². The number of hydrogen-bond acceptors (Lipinski definition) is 4. The second-order valence-electron chi connectivity index (χ2n) is 3.42. The Morgan fingerprint density at radius 1 is 1.24 bits per heavy atom. The first-order valence-corrected chi connectivity index (χ1v) is 5.61. The molecule has 94 valence electrons. The maximum Gasteiger partial charge on any atom is 0.234 e. The molecule has 1 rings (SSSR count). The van der Waals surface area contributed by atoms with E-state index in [0.717, 1.165) is 11.5 Å². The van der Waals surface area contributed by atoms with Crippen LogP contribution in [0.25, 0.3) is 0 Å². The molecule has 0 aliphatic rings. The van der Waals surface area contributed by atoms with Gasteiger partial charge in [0.15, 0.2) is 0 Å². The highest BCUT2D eigenvalue weighted by Gasteiger charge is 1.99. The topological polar surface area (TPSA) is 73.6 Å². The normalized spacial score (nSPS) is 9.76. The van der Waals surface area contributed by atoms with Crippen molar-refractivity contribution >= 4 is 5.91 Å². The van der Waals surface area contributed by atoms with Crippen molar-refractivity contribution in [3.63, 3.8) is 0 Å². The lowest BCUT2D eigenvalue weighted by molar-refractivity contribution is -0.121. The van der Waals surface area contributed by atoms with Crippen molar-refractivity contribution in [2.24, 2.45) is 5.84 Å². The molecule has 0 atom stereocenters. The van der Waals surface area contributed by atoms with E-state index in [1.165, 1.54) is 0 Å². The number of ether oxygens (including phenoxy) is 2. The predicted molar refractivity (Wildman–Crippen MR) is 64.7 cm³/mol. The molecule has 1 aromatic rings. The van der Waals surface area contributed by atoms with Gasteiger partial charge in [0.1, 0.15) is 11.5 Å². The summed E-state index contributed by atoms with van der Waals surface area (Å²) in [4.78, 5) is 10.8.